The van der Waals surface area contributed by atoms with Crippen LogP contribution in [0.3, 0.4) is 0 Å². The molecule has 7 heteroatoms. The number of rotatable bonds is 5. The Kier molecular flexibility index (Phi) is 5.00. The van der Waals surface area contributed by atoms with Crippen molar-refractivity contribution in [1.82, 2.24) is 19.5 Å². The minimum absolute atomic E-state index is 0.245. The number of nitrogens with zero attached hydrogens (tertiary/aromatic N) is 4. The Morgan fingerprint density at radius 2 is 1.87 bits per heavy atom. The second-order valence-corrected chi connectivity index (χ2v) is 8.23. The average molecular weight is 408 g/mol. The zero-order valence-corrected chi connectivity index (χ0v) is 16.9. The van der Waals surface area contributed by atoms with Gasteiger partial charge in [-0.2, -0.15) is 0 Å². The number of likely N-dealkylation sites (tertiary alicyclic amines) is 1. The van der Waals surface area contributed by atoms with Crippen molar-refractivity contribution in [2.45, 2.75) is 32.2 Å². The minimum atomic E-state index is -0.435. The van der Waals surface area contributed by atoms with E-state index < -0.39 is 5.91 Å². The Morgan fingerprint density at radius 3 is 2.63 bits per heavy atom. The standard InChI is InChI=1S/C23H25FN4O2/c24-18-5-3-16(4-6-18)14-27-15-17(7-11-26-9-1-2-10-26)21-19-8-12-28(30)23(29)22(19)25-13-20(21)27/h3-6,13,15,30H,1-2,7-12,14H2. The molecule has 0 aliphatic carbocycles. The van der Waals surface area contributed by atoms with Crippen LogP contribution in [-0.2, 0) is 19.4 Å². The highest BCUT2D eigenvalue weighted by Gasteiger charge is 2.28. The van der Waals surface area contributed by atoms with Gasteiger partial charge in [-0.3, -0.25) is 10.0 Å². The fraction of sp³-hybridized carbons (Fsp3) is 0.391. The molecular formula is C23H25FN4O2. The predicted octanol–water partition coefficient (Wildman–Crippen LogP) is 3.25. The number of amides is 1. The van der Waals surface area contributed by atoms with Crippen LogP contribution in [0.1, 0.15) is 40.0 Å². The van der Waals surface area contributed by atoms with Crippen LogP contribution in [0.15, 0.2) is 36.7 Å². The Hall–Kier alpha value is -2.77. The number of hydrogen-bond donors (Lipinski definition) is 1. The van der Waals surface area contributed by atoms with Crippen molar-refractivity contribution in [3.63, 3.8) is 0 Å². The van der Waals surface area contributed by atoms with Gasteiger partial charge in [0.15, 0.2) is 0 Å². The summed E-state index contributed by atoms with van der Waals surface area (Å²) >= 11 is 0. The van der Waals surface area contributed by atoms with Gasteiger partial charge < -0.3 is 9.47 Å². The third kappa shape index (κ3) is 3.48. The molecule has 30 heavy (non-hydrogen) atoms. The van der Waals surface area contributed by atoms with E-state index in [9.17, 15) is 14.4 Å². The summed E-state index contributed by atoms with van der Waals surface area (Å²) in [6, 6.07) is 6.54. The molecule has 6 nitrogen and oxygen atoms in total. The molecule has 4 heterocycles. The number of carbonyl (C=O) groups excluding carboxylic acids is 1. The lowest BCUT2D eigenvalue weighted by atomic mass is 9.98. The van der Waals surface area contributed by atoms with Gasteiger partial charge in [0.25, 0.3) is 5.91 Å². The molecule has 1 aromatic carbocycles. The molecule has 2 aliphatic heterocycles. The molecule has 1 fully saturated rings. The number of pyridine rings is 1. The topological polar surface area (TPSA) is 61.6 Å². The van der Waals surface area contributed by atoms with Gasteiger partial charge in [-0.1, -0.05) is 12.1 Å². The maximum Gasteiger partial charge on any atom is 0.296 e. The predicted molar refractivity (Wildman–Crippen MR) is 111 cm³/mol. The molecule has 0 bridgehead atoms. The number of hydroxylamine groups is 2. The van der Waals surface area contributed by atoms with Crippen LogP contribution in [0.5, 0.6) is 0 Å². The van der Waals surface area contributed by atoms with Crippen molar-refractivity contribution >= 4 is 16.8 Å². The summed E-state index contributed by atoms with van der Waals surface area (Å²) < 4.78 is 15.5. The van der Waals surface area contributed by atoms with E-state index in [1.807, 2.05) is 0 Å². The van der Waals surface area contributed by atoms with Gasteiger partial charge in [0.1, 0.15) is 11.5 Å². The van der Waals surface area contributed by atoms with Gasteiger partial charge in [0.05, 0.1) is 18.3 Å². The summed E-state index contributed by atoms with van der Waals surface area (Å²) in [5.41, 5.74) is 4.47. The fourth-order valence-electron chi connectivity index (χ4n) is 4.70. The monoisotopic (exact) mass is 408 g/mol. The van der Waals surface area contributed by atoms with Gasteiger partial charge in [-0.15, -0.1) is 0 Å². The maximum atomic E-state index is 13.3. The van der Waals surface area contributed by atoms with E-state index in [0.29, 0.717) is 18.7 Å². The molecule has 2 aromatic heterocycles. The number of carbonyl (C=O) groups is 1. The molecule has 0 unspecified atom stereocenters. The van der Waals surface area contributed by atoms with E-state index in [4.69, 9.17) is 0 Å². The number of benzene rings is 1. The third-order valence-electron chi connectivity index (χ3n) is 6.27. The Balaban J connectivity index is 1.56. The second-order valence-electron chi connectivity index (χ2n) is 8.23. The van der Waals surface area contributed by atoms with Crippen molar-refractivity contribution in [1.29, 1.82) is 0 Å². The maximum absolute atomic E-state index is 13.3. The molecule has 0 atom stereocenters. The van der Waals surface area contributed by atoms with Crippen LogP contribution in [0.4, 0.5) is 4.39 Å². The van der Waals surface area contributed by atoms with Gasteiger partial charge in [0, 0.05) is 24.7 Å². The van der Waals surface area contributed by atoms with Gasteiger partial charge in [-0.05, 0) is 67.6 Å². The molecule has 5 rings (SSSR count). The number of halogens is 1. The van der Waals surface area contributed by atoms with Crippen molar-refractivity contribution in [3.8, 4) is 0 Å². The Morgan fingerprint density at radius 1 is 1.10 bits per heavy atom. The van der Waals surface area contributed by atoms with E-state index in [1.54, 1.807) is 18.3 Å². The summed E-state index contributed by atoms with van der Waals surface area (Å²) in [6.07, 6.45) is 7.88. The van der Waals surface area contributed by atoms with Gasteiger partial charge >= 0.3 is 0 Å². The molecule has 2 aliphatic rings. The van der Waals surface area contributed by atoms with Gasteiger partial charge in [0.2, 0.25) is 0 Å². The van der Waals surface area contributed by atoms with E-state index >= 15 is 0 Å². The first kappa shape index (κ1) is 19.2. The molecule has 3 aromatic rings. The summed E-state index contributed by atoms with van der Waals surface area (Å²) in [7, 11) is 0. The van der Waals surface area contributed by atoms with Crippen LogP contribution in [0.25, 0.3) is 10.9 Å². The van der Waals surface area contributed by atoms with Crippen molar-refractivity contribution < 1.29 is 14.4 Å². The zero-order valence-electron chi connectivity index (χ0n) is 16.9. The highest BCUT2D eigenvalue weighted by Crippen LogP contribution is 2.31. The van der Waals surface area contributed by atoms with Crippen molar-refractivity contribution in [2.75, 3.05) is 26.2 Å². The molecule has 0 radical (unpaired) electrons. The quantitative estimate of drug-likeness (QED) is 0.659. The molecule has 1 saturated heterocycles. The summed E-state index contributed by atoms with van der Waals surface area (Å²) in [5, 5.41) is 11.7. The molecular weight excluding hydrogens is 383 g/mol. The van der Waals surface area contributed by atoms with Crippen LogP contribution in [-0.4, -0.2) is 56.8 Å². The minimum Gasteiger partial charge on any atom is -0.342 e. The number of aromatic nitrogens is 2. The molecule has 156 valence electrons. The van der Waals surface area contributed by atoms with E-state index in [2.05, 4.69) is 20.6 Å². The molecule has 1 N–H and O–H groups in total. The summed E-state index contributed by atoms with van der Waals surface area (Å²) in [4.78, 5) is 19.3. The third-order valence-corrected chi connectivity index (χ3v) is 6.27. The average Bonchev–Trinajstić information content (AvgIpc) is 3.39. The van der Waals surface area contributed by atoms with Crippen LogP contribution in [0.2, 0.25) is 0 Å². The fourth-order valence-corrected chi connectivity index (χ4v) is 4.70. The lowest BCUT2D eigenvalue weighted by molar-refractivity contribution is -0.0606. The van der Waals surface area contributed by atoms with E-state index in [0.717, 1.165) is 53.1 Å². The van der Waals surface area contributed by atoms with Crippen LogP contribution >= 0.6 is 0 Å². The Labute approximate surface area is 174 Å². The molecule has 0 saturated carbocycles. The molecule has 0 spiro atoms. The zero-order chi connectivity index (χ0) is 20.7. The number of fused-ring (bicyclic) bond motifs is 3. The van der Waals surface area contributed by atoms with Crippen molar-refractivity contribution in [3.05, 3.63) is 64.9 Å². The van der Waals surface area contributed by atoms with E-state index in [1.165, 1.54) is 30.5 Å². The first-order valence-corrected chi connectivity index (χ1v) is 10.6. The smallest absolute Gasteiger partial charge is 0.296 e. The summed E-state index contributed by atoms with van der Waals surface area (Å²) in [6.45, 7) is 4.17. The Bertz CT molecular complexity index is 1090. The normalized spacial score (nSPS) is 17.1. The van der Waals surface area contributed by atoms with E-state index in [-0.39, 0.29) is 12.4 Å². The first-order valence-electron chi connectivity index (χ1n) is 10.6. The lowest BCUT2D eigenvalue weighted by Gasteiger charge is -2.23. The molecule has 1 amide bonds. The lowest BCUT2D eigenvalue weighted by Crippen LogP contribution is -2.35. The SMILES string of the molecule is O=C1c2ncc3c(c(CCN4CCCC4)cn3Cc3ccc(F)cc3)c2CCN1O. The largest absolute Gasteiger partial charge is 0.342 e. The van der Waals surface area contributed by atoms with Gasteiger partial charge in [-0.25, -0.2) is 14.4 Å². The van der Waals surface area contributed by atoms with Crippen LogP contribution < -0.4 is 0 Å². The second kappa shape index (κ2) is 7.81. The highest BCUT2D eigenvalue weighted by molar-refractivity contribution is 6.00. The number of hydrogen-bond acceptors (Lipinski definition) is 4. The van der Waals surface area contributed by atoms with Crippen LogP contribution in [0, 0.1) is 5.82 Å². The highest BCUT2D eigenvalue weighted by atomic mass is 19.1. The first-order chi connectivity index (χ1) is 14.6. The van der Waals surface area contributed by atoms with Crippen molar-refractivity contribution in [2.24, 2.45) is 0 Å². The summed E-state index contributed by atoms with van der Waals surface area (Å²) in [5.74, 6) is -0.680.